The number of hydrogen-bond donors (Lipinski definition) is 1. The van der Waals surface area contributed by atoms with E-state index in [1.807, 2.05) is 0 Å². The Kier molecular flexibility index (Phi) is 4.10. The van der Waals surface area contributed by atoms with E-state index in [1.165, 1.54) is 9.80 Å². The van der Waals surface area contributed by atoms with Crippen LogP contribution in [0.3, 0.4) is 0 Å². The zero-order chi connectivity index (χ0) is 14.0. The highest BCUT2D eigenvalue weighted by molar-refractivity contribution is 7.89. The molecule has 108 valence electrons. The van der Waals surface area contributed by atoms with Crippen molar-refractivity contribution in [3.05, 3.63) is 0 Å². The van der Waals surface area contributed by atoms with Gasteiger partial charge in [0.1, 0.15) is 0 Å². The minimum absolute atomic E-state index is 0.00615. The second-order valence-corrected chi connectivity index (χ2v) is 6.96. The fourth-order valence-corrected chi connectivity index (χ4v) is 3.45. The molecule has 2 rings (SSSR count). The zero-order valence-corrected chi connectivity index (χ0v) is 11.6. The molecular formula is C11H19N3O4S. The van der Waals surface area contributed by atoms with E-state index in [1.54, 1.807) is 0 Å². The largest absolute Gasteiger partial charge is 0.340 e. The van der Waals surface area contributed by atoms with Crippen LogP contribution >= 0.6 is 0 Å². The van der Waals surface area contributed by atoms with Crippen LogP contribution in [-0.2, 0) is 19.6 Å². The first kappa shape index (κ1) is 14.3. The van der Waals surface area contributed by atoms with E-state index < -0.39 is 15.3 Å². The lowest BCUT2D eigenvalue weighted by Gasteiger charge is -2.32. The number of sulfonamides is 1. The molecule has 2 heterocycles. The minimum atomic E-state index is -3.60. The van der Waals surface area contributed by atoms with Crippen LogP contribution in [0.15, 0.2) is 0 Å². The van der Waals surface area contributed by atoms with Crippen molar-refractivity contribution in [2.75, 3.05) is 26.2 Å². The fraction of sp³-hybridized carbons (Fsp3) is 0.818. The van der Waals surface area contributed by atoms with E-state index in [4.69, 9.17) is 5.14 Å². The number of primary sulfonamides is 1. The number of hydrogen-bond acceptors (Lipinski definition) is 4. The molecule has 2 N–H and O–H groups in total. The van der Waals surface area contributed by atoms with Crippen molar-refractivity contribution in [1.29, 1.82) is 0 Å². The van der Waals surface area contributed by atoms with Crippen molar-refractivity contribution in [1.82, 2.24) is 9.80 Å². The molecule has 0 saturated carbocycles. The minimum Gasteiger partial charge on any atom is -0.340 e. The van der Waals surface area contributed by atoms with Crippen LogP contribution in [0.1, 0.15) is 25.7 Å². The maximum absolute atomic E-state index is 12.1. The van der Waals surface area contributed by atoms with Crippen molar-refractivity contribution in [3.63, 3.8) is 0 Å². The van der Waals surface area contributed by atoms with Gasteiger partial charge in [-0.1, -0.05) is 0 Å². The monoisotopic (exact) mass is 289 g/mol. The average Bonchev–Trinajstić information content (AvgIpc) is 2.74. The number of rotatable bonds is 3. The molecule has 2 aliphatic rings. The Morgan fingerprint density at radius 3 is 2.63 bits per heavy atom. The first-order valence-electron chi connectivity index (χ1n) is 6.45. The lowest BCUT2D eigenvalue weighted by Crippen LogP contribution is -2.49. The molecule has 1 atom stereocenters. The van der Waals surface area contributed by atoms with E-state index >= 15 is 0 Å². The van der Waals surface area contributed by atoms with Crippen LogP contribution in [-0.4, -0.2) is 61.5 Å². The van der Waals surface area contributed by atoms with Gasteiger partial charge < -0.3 is 9.80 Å². The van der Waals surface area contributed by atoms with Gasteiger partial charge in [-0.05, 0) is 19.3 Å². The quantitative estimate of drug-likeness (QED) is 0.711. The molecule has 0 aromatic heterocycles. The molecule has 8 heteroatoms. The third-order valence-electron chi connectivity index (χ3n) is 3.69. The molecule has 0 radical (unpaired) electrons. The number of piperidine rings is 1. The first-order valence-corrected chi connectivity index (χ1v) is 8.06. The van der Waals surface area contributed by atoms with Gasteiger partial charge in [0.2, 0.25) is 21.8 Å². The molecule has 19 heavy (non-hydrogen) atoms. The van der Waals surface area contributed by atoms with Gasteiger partial charge in [0.25, 0.3) is 0 Å². The summed E-state index contributed by atoms with van der Waals surface area (Å²) in [5.74, 6) is -0.197. The Morgan fingerprint density at radius 1 is 1.32 bits per heavy atom. The van der Waals surface area contributed by atoms with E-state index in [2.05, 4.69) is 0 Å². The molecule has 2 fully saturated rings. The van der Waals surface area contributed by atoms with Crippen molar-refractivity contribution in [3.8, 4) is 0 Å². The van der Waals surface area contributed by atoms with Crippen molar-refractivity contribution >= 4 is 21.8 Å². The molecule has 2 amide bonds. The molecule has 2 aliphatic heterocycles. The Hall–Kier alpha value is -1.15. The highest BCUT2D eigenvalue weighted by Crippen LogP contribution is 2.16. The fourth-order valence-electron chi connectivity index (χ4n) is 2.57. The molecule has 0 aromatic rings. The first-order chi connectivity index (χ1) is 8.88. The van der Waals surface area contributed by atoms with Crippen LogP contribution in [0.4, 0.5) is 0 Å². The summed E-state index contributed by atoms with van der Waals surface area (Å²) in [5.41, 5.74) is 0. The van der Waals surface area contributed by atoms with Gasteiger partial charge in [0.15, 0.2) is 0 Å². The highest BCUT2D eigenvalue weighted by Gasteiger charge is 2.32. The van der Waals surface area contributed by atoms with E-state index in [9.17, 15) is 18.0 Å². The molecule has 0 aliphatic carbocycles. The summed E-state index contributed by atoms with van der Waals surface area (Å²) in [4.78, 5) is 26.6. The Morgan fingerprint density at radius 2 is 2.05 bits per heavy atom. The van der Waals surface area contributed by atoms with Gasteiger partial charge >= 0.3 is 0 Å². The molecule has 0 bridgehead atoms. The summed E-state index contributed by atoms with van der Waals surface area (Å²) in [6.45, 7) is 1.33. The maximum Gasteiger partial charge on any atom is 0.242 e. The normalized spacial score (nSPS) is 24.9. The number of amides is 2. The Bertz CT molecular complexity index is 476. The highest BCUT2D eigenvalue weighted by atomic mass is 32.2. The SMILES string of the molecule is NS(=O)(=O)C1CCCN(C(=O)CN2CCCC2=O)C1. The van der Waals surface area contributed by atoms with Crippen molar-refractivity contribution in [2.45, 2.75) is 30.9 Å². The van der Waals surface area contributed by atoms with Gasteiger partial charge in [-0.25, -0.2) is 13.6 Å². The van der Waals surface area contributed by atoms with Crippen molar-refractivity contribution < 1.29 is 18.0 Å². The topological polar surface area (TPSA) is 101 Å². The number of carbonyl (C=O) groups is 2. The predicted octanol–water partition coefficient (Wildman–Crippen LogP) is -1.11. The summed E-state index contributed by atoms with van der Waals surface area (Å²) in [5, 5.41) is 4.45. The van der Waals surface area contributed by atoms with E-state index in [-0.39, 0.29) is 24.9 Å². The van der Waals surface area contributed by atoms with Gasteiger partial charge in [-0.3, -0.25) is 9.59 Å². The van der Waals surface area contributed by atoms with Crippen LogP contribution < -0.4 is 5.14 Å². The number of likely N-dealkylation sites (tertiary alicyclic amines) is 2. The summed E-state index contributed by atoms with van der Waals surface area (Å²) in [6.07, 6.45) is 2.39. The second kappa shape index (κ2) is 5.46. The second-order valence-electron chi connectivity index (χ2n) is 5.11. The molecule has 7 nitrogen and oxygen atoms in total. The summed E-state index contributed by atoms with van der Waals surface area (Å²) in [6, 6.07) is 0. The van der Waals surface area contributed by atoms with Gasteiger partial charge in [-0.2, -0.15) is 0 Å². The predicted molar refractivity (Wildman–Crippen MR) is 68.5 cm³/mol. The number of nitrogens with zero attached hydrogens (tertiary/aromatic N) is 2. The third-order valence-corrected chi connectivity index (χ3v) is 5.01. The van der Waals surface area contributed by atoms with Crippen LogP contribution in [0.5, 0.6) is 0 Å². The zero-order valence-electron chi connectivity index (χ0n) is 10.7. The Labute approximate surface area is 112 Å². The molecule has 0 aromatic carbocycles. The van der Waals surface area contributed by atoms with Crippen LogP contribution in [0.2, 0.25) is 0 Å². The summed E-state index contributed by atoms with van der Waals surface area (Å²) >= 11 is 0. The number of nitrogens with two attached hydrogens (primary N) is 1. The van der Waals surface area contributed by atoms with Gasteiger partial charge in [-0.15, -0.1) is 0 Å². The van der Waals surface area contributed by atoms with Crippen molar-refractivity contribution in [2.24, 2.45) is 5.14 Å². The lowest BCUT2D eigenvalue weighted by atomic mass is 10.1. The standard InChI is InChI=1S/C11H19N3O4S/c12-19(17,18)9-3-1-5-13(7-9)11(16)8-14-6-2-4-10(14)15/h9H,1-8H2,(H2,12,17,18). The summed E-state index contributed by atoms with van der Waals surface area (Å²) < 4.78 is 22.7. The Balaban J connectivity index is 1.94. The van der Waals surface area contributed by atoms with E-state index in [0.717, 1.165) is 6.42 Å². The van der Waals surface area contributed by atoms with Crippen LogP contribution in [0.25, 0.3) is 0 Å². The van der Waals surface area contributed by atoms with E-state index in [0.29, 0.717) is 32.4 Å². The third kappa shape index (κ3) is 3.44. The average molecular weight is 289 g/mol. The van der Waals surface area contributed by atoms with Gasteiger partial charge in [0, 0.05) is 26.1 Å². The van der Waals surface area contributed by atoms with Gasteiger partial charge in [0.05, 0.1) is 11.8 Å². The number of carbonyl (C=O) groups excluding carboxylic acids is 2. The summed E-state index contributed by atoms with van der Waals surface area (Å²) in [7, 11) is -3.60. The molecule has 1 unspecified atom stereocenters. The lowest BCUT2D eigenvalue weighted by molar-refractivity contribution is -0.138. The smallest absolute Gasteiger partial charge is 0.242 e. The van der Waals surface area contributed by atoms with Crippen LogP contribution in [0, 0.1) is 0 Å². The molecule has 2 saturated heterocycles. The molecular weight excluding hydrogens is 270 g/mol. The maximum atomic E-state index is 12.1. The molecule has 0 spiro atoms.